The summed E-state index contributed by atoms with van der Waals surface area (Å²) >= 11 is 0. The molecule has 0 amide bonds. The Hall–Kier alpha value is -0.830. The summed E-state index contributed by atoms with van der Waals surface area (Å²) in [4.78, 5) is 4.33. The highest BCUT2D eigenvalue weighted by atomic mass is 16.4. The lowest BCUT2D eigenvalue weighted by atomic mass is 9.96. The Morgan fingerprint density at radius 3 is 2.81 bits per heavy atom. The minimum Gasteiger partial charge on any atom is -0.445 e. The lowest BCUT2D eigenvalue weighted by molar-refractivity contribution is 0.387. The monoisotopic (exact) mass is 222 g/mol. The molecule has 0 aliphatic heterocycles. The van der Waals surface area contributed by atoms with Gasteiger partial charge in [-0.1, -0.05) is 20.8 Å². The zero-order valence-corrected chi connectivity index (χ0v) is 10.5. The summed E-state index contributed by atoms with van der Waals surface area (Å²) in [7, 11) is 0. The second kappa shape index (κ2) is 5.00. The molecular weight excluding hydrogens is 200 g/mol. The molecule has 16 heavy (non-hydrogen) atoms. The lowest BCUT2D eigenvalue weighted by Crippen LogP contribution is -2.19. The zero-order valence-electron chi connectivity index (χ0n) is 10.5. The van der Waals surface area contributed by atoms with Crippen LogP contribution in [-0.4, -0.2) is 17.6 Å². The van der Waals surface area contributed by atoms with E-state index in [0.717, 1.165) is 30.7 Å². The van der Waals surface area contributed by atoms with Crippen LogP contribution in [0.5, 0.6) is 0 Å². The molecule has 1 N–H and O–H groups in total. The van der Waals surface area contributed by atoms with Gasteiger partial charge in [0.1, 0.15) is 5.76 Å². The second-order valence-electron chi connectivity index (χ2n) is 5.17. The predicted molar refractivity (Wildman–Crippen MR) is 64.5 cm³/mol. The molecular formula is C13H22N2O. The number of aromatic nitrogens is 1. The maximum Gasteiger partial charge on any atom is 0.195 e. The summed E-state index contributed by atoms with van der Waals surface area (Å²) in [6, 6.07) is 0.768. The Balaban J connectivity index is 1.81. The first-order chi connectivity index (χ1) is 7.66. The SMILES string of the molecule is CC(C)C(C)c1cnc(CCNC2CC2)o1. The normalized spacial score (nSPS) is 18.0. The minimum absolute atomic E-state index is 0.456. The van der Waals surface area contributed by atoms with Gasteiger partial charge in [-0.3, -0.25) is 0 Å². The minimum atomic E-state index is 0.456. The van der Waals surface area contributed by atoms with Gasteiger partial charge in [-0.2, -0.15) is 0 Å². The molecule has 1 unspecified atom stereocenters. The fourth-order valence-corrected chi connectivity index (χ4v) is 1.65. The molecule has 3 nitrogen and oxygen atoms in total. The summed E-state index contributed by atoms with van der Waals surface area (Å²) in [5.74, 6) is 2.95. The third-order valence-corrected chi connectivity index (χ3v) is 3.37. The molecule has 0 radical (unpaired) electrons. The van der Waals surface area contributed by atoms with Crippen molar-refractivity contribution in [3.05, 3.63) is 17.8 Å². The highest BCUT2D eigenvalue weighted by molar-refractivity contribution is 5.01. The van der Waals surface area contributed by atoms with E-state index in [2.05, 4.69) is 31.1 Å². The van der Waals surface area contributed by atoms with Crippen LogP contribution in [-0.2, 0) is 6.42 Å². The molecule has 2 rings (SSSR count). The summed E-state index contributed by atoms with van der Waals surface area (Å²) < 4.78 is 5.76. The number of oxazole rings is 1. The summed E-state index contributed by atoms with van der Waals surface area (Å²) in [5, 5.41) is 3.47. The number of hydrogen-bond acceptors (Lipinski definition) is 3. The lowest BCUT2D eigenvalue weighted by Gasteiger charge is -2.11. The molecule has 0 aromatic carbocycles. The van der Waals surface area contributed by atoms with Crippen molar-refractivity contribution < 1.29 is 4.42 Å². The largest absolute Gasteiger partial charge is 0.445 e. The highest BCUT2D eigenvalue weighted by Gasteiger charge is 2.20. The van der Waals surface area contributed by atoms with Crippen molar-refractivity contribution in [1.29, 1.82) is 0 Å². The van der Waals surface area contributed by atoms with E-state index in [1.807, 2.05) is 6.20 Å². The Labute approximate surface area is 97.6 Å². The van der Waals surface area contributed by atoms with Gasteiger partial charge in [-0.15, -0.1) is 0 Å². The third-order valence-electron chi connectivity index (χ3n) is 3.37. The first kappa shape index (κ1) is 11.6. The van der Waals surface area contributed by atoms with Gasteiger partial charge in [0.05, 0.1) is 6.20 Å². The first-order valence-electron chi connectivity index (χ1n) is 6.35. The van der Waals surface area contributed by atoms with E-state index in [-0.39, 0.29) is 0 Å². The molecule has 3 heteroatoms. The van der Waals surface area contributed by atoms with Crippen LogP contribution in [0, 0.1) is 5.92 Å². The van der Waals surface area contributed by atoms with Crippen LogP contribution in [0.2, 0.25) is 0 Å². The molecule has 0 saturated heterocycles. The van der Waals surface area contributed by atoms with E-state index in [1.54, 1.807) is 0 Å². The summed E-state index contributed by atoms with van der Waals surface area (Å²) in [6.45, 7) is 7.60. The Morgan fingerprint density at radius 2 is 2.19 bits per heavy atom. The van der Waals surface area contributed by atoms with E-state index < -0.39 is 0 Å². The Kier molecular flexibility index (Phi) is 3.64. The summed E-state index contributed by atoms with van der Waals surface area (Å²) in [6.07, 6.45) is 5.46. The molecule has 1 heterocycles. The van der Waals surface area contributed by atoms with Crippen molar-refractivity contribution in [1.82, 2.24) is 10.3 Å². The number of nitrogens with one attached hydrogen (secondary N) is 1. The molecule has 1 aromatic heterocycles. The maximum atomic E-state index is 5.76. The standard InChI is InChI=1S/C13H22N2O/c1-9(2)10(3)12-8-15-13(16-12)6-7-14-11-4-5-11/h8-11,14H,4-7H2,1-3H3. The van der Waals surface area contributed by atoms with Gasteiger partial charge in [-0.25, -0.2) is 4.98 Å². The van der Waals surface area contributed by atoms with Gasteiger partial charge >= 0.3 is 0 Å². The topological polar surface area (TPSA) is 38.1 Å². The van der Waals surface area contributed by atoms with Gasteiger partial charge in [0, 0.05) is 24.9 Å². The van der Waals surface area contributed by atoms with Crippen molar-refractivity contribution in [2.75, 3.05) is 6.54 Å². The van der Waals surface area contributed by atoms with Gasteiger partial charge in [0.2, 0.25) is 0 Å². The number of hydrogen-bond donors (Lipinski definition) is 1. The molecule has 1 aromatic rings. The van der Waals surface area contributed by atoms with Crippen molar-refractivity contribution in [3.63, 3.8) is 0 Å². The molecule has 1 fully saturated rings. The van der Waals surface area contributed by atoms with Gasteiger partial charge in [0.25, 0.3) is 0 Å². The van der Waals surface area contributed by atoms with Crippen LogP contribution < -0.4 is 5.32 Å². The molecule has 1 atom stereocenters. The molecule has 90 valence electrons. The highest BCUT2D eigenvalue weighted by Crippen LogP contribution is 2.24. The van der Waals surface area contributed by atoms with Crippen LogP contribution in [0.25, 0.3) is 0 Å². The van der Waals surface area contributed by atoms with Crippen molar-refractivity contribution in [2.24, 2.45) is 5.92 Å². The number of rotatable bonds is 6. The average molecular weight is 222 g/mol. The summed E-state index contributed by atoms with van der Waals surface area (Å²) in [5.41, 5.74) is 0. The Morgan fingerprint density at radius 1 is 1.44 bits per heavy atom. The van der Waals surface area contributed by atoms with Crippen LogP contribution in [0.15, 0.2) is 10.6 Å². The van der Waals surface area contributed by atoms with E-state index in [4.69, 9.17) is 4.42 Å². The van der Waals surface area contributed by atoms with E-state index in [0.29, 0.717) is 11.8 Å². The quantitative estimate of drug-likeness (QED) is 0.804. The van der Waals surface area contributed by atoms with Crippen LogP contribution in [0.3, 0.4) is 0 Å². The molecule has 1 aliphatic rings. The van der Waals surface area contributed by atoms with E-state index >= 15 is 0 Å². The number of nitrogens with zero attached hydrogens (tertiary/aromatic N) is 1. The van der Waals surface area contributed by atoms with E-state index in [9.17, 15) is 0 Å². The van der Waals surface area contributed by atoms with Crippen molar-refractivity contribution in [2.45, 2.75) is 52.0 Å². The fourth-order valence-electron chi connectivity index (χ4n) is 1.65. The zero-order chi connectivity index (χ0) is 11.5. The molecule has 1 aliphatic carbocycles. The van der Waals surface area contributed by atoms with Crippen LogP contribution >= 0.6 is 0 Å². The Bertz CT molecular complexity index is 328. The fraction of sp³-hybridized carbons (Fsp3) is 0.769. The first-order valence-corrected chi connectivity index (χ1v) is 6.35. The molecule has 0 spiro atoms. The smallest absolute Gasteiger partial charge is 0.195 e. The van der Waals surface area contributed by atoms with Gasteiger partial charge < -0.3 is 9.73 Å². The predicted octanol–water partition coefficient (Wildman–Crippen LogP) is 2.73. The van der Waals surface area contributed by atoms with Gasteiger partial charge in [-0.05, 0) is 18.8 Å². The van der Waals surface area contributed by atoms with Crippen molar-refractivity contribution >= 4 is 0 Å². The van der Waals surface area contributed by atoms with Crippen molar-refractivity contribution in [3.8, 4) is 0 Å². The van der Waals surface area contributed by atoms with E-state index in [1.165, 1.54) is 12.8 Å². The molecule has 0 bridgehead atoms. The average Bonchev–Trinajstić information content (AvgIpc) is 2.94. The maximum absolute atomic E-state index is 5.76. The third kappa shape index (κ3) is 3.08. The van der Waals surface area contributed by atoms with Gasteiger partial charge in [0.15, 0.2) is 5.89 Å². The van der Waals surface area contributed by atoms with Crippen LogP contribution in [0.1, 0.15) is 51.2 Å². The second-order valence-corrected chi connectivity index (χ2v) is 5.17. The molecule has 1 saturated carbocycles. The van der Waals surface area contributed by atoms with Crippen LogP contribution in [0.4, 0.5) is 0 Å².